The second kappa shape index (κ2) is 5.43. The van der Waals surface area contributed by atoms with Gasteiger partial charge in [-0.15, -0.1) is 0 Å². The summed E-state index contributed by atoms with van der Waals surface area (Å²) < 4.78 is 37.8. The highest BCUT2D eigenvalue weighted by atomic mass is 19.4. The van der Waals surface area contributed by atoms with Gasteiger partial charge in [-0.05, 0) is 36.8 Å². The lowest BCUT2D eigenvalue weighted by Gasteiger charge is -2.10. The summed E-state index contributed by atoms with van der Waals surface area (Å²) >= 11 is 0. The Morgan fingerprint density at radius 2 is 1.95 bits per heavy atom. The molecular formula is C14H11F3N2O2. The van der Waals surface area contributed by atoms with Crippen LogP contribution in [0.4, 0.5) is 18.9 Å². The summed E-state index contributed by atoms with van der Waals surface area (Å²) in [5.74, 6) is -0.756. The molecule has 0 radical (unpaired) electrons. The number of aryl methyl sites for hydroxylation is 1. The highest BCUT2D eigenvalue weighted by Gasteiger charge is 2.30. The molecule has 7 heteroatoms. The first-order chi connectivity index (χ1) is 9.79. The summed E-state index contributed by atoms with van der Waals surface area (Å²) in [6, 6.07) is 5.74. The van der Waals surface area contributed by atoms with Crippen molar-refractivity contribution in [3.63, 3.8) is 0 Å². The van der Waals surface area contributed by atoms with Crippen LogP contribution in [0.1, 0.15) is 21.5 Å². The number of carbonyl (C=O) groups excluding carboxylic acids is 1. The van der Waals surface area contributed by atoms with E-state index in [1.54, 1.807) is 6.92 Å². The Morgan fingerprint density at radius 3 is 2.57 bits per heavy atom. The van der Waals surface area contributed by atoms with Crippen LogP contribution < -0.4 is 10.9 Å². The molecular weight excluding hydrogens is 285 g/mol. The number of carbonyl (C=O) groups is 1. The van der Waals surface area contributed by atoms with E-state index in [2.05, 4.69) is 10.3 Å². The Morgan fingerprint density at radius 1 is 1.24 bits per heavy atom. The number of hydrogen-bond acceptors (Lipinski definition) is 2. The van der Waals surface area contributed by atoms with Gasteiger partial charge in [0.1, 0.15) is 5.56 Å². The van der Waals surface area contributed by atoms with E-state index in [0.29, 0.717) is 5.56 Å². The third kappa shape index (κ3) is 3.31. The van der Waals surface area contributed by atoms with E-state index in [9.17, 15) is 22.8 Å². The molecule has 21 heavy (non-hydrogen) atoms. The lowest BCUT2D eigenvalue weighted by Crippen LogP contribution is -2.24. The first-order valence-electron chi connectivity index (χ1n) is 5.96. The minimum Gasteiger partial charge on any atom is -0.328 e. The Labute approximate surface area is 117 Å². The first kappa shape index (κ1) is 14.8. The zero-order chi connectivity index (χ0) is 15.6. The second-order valence-electron chi connectivity index (χ2n) is 4.40. The molecule has 0 aliphatic carbocycles. The predicted octanol–water partition coefficient (Wildman–Crippen LogP) is 2.95. The molecule has 4 nitrogen and oxygen atoms in total. The van der Waals surface area contributed by atoms with Crippen LogP contribution in [0.15, 0.2) is 41.3 Å². The number of H-pyrrole nitrogens is 1. The number of aromatic amines is 1. The summed E-state index contributed by atoms with van der Waals surface area (Å²) in [4.78, 5) is 26.0. The fraction of sp³-hybridized carbons (Fsp3) is 0.143. The van der Waals surface area contributed by atoms with Crippen molar-refractivity contribution in [2.75, 3.05) is 5.32 Å². The Hall–Kier alpha value is -2.57. The van der Waals surface area contributed by atoms with Gasteiger partial charge in [-0.1, -0.05) is 6.07 Å². The third-order valence-electron chi connectivity index (χ3n) is 2.84. The zero-order valence-electron chi connectivity index (χ0n) is 10.9. The summed E-state index contributed by atoms with van der Waals surface area (Å²) in [6.45, 7) is 1.57. The van der Waals surface area contributed by atoms with E-state index in [0.717, 1.165) is 12.1 Å². The van der Waals surface area contributed by atoms with Crippen LogP contribution in [0.25, 0.3) is 0 Å². The minimum atomic E-state index is -4.50. The second-order valence-corrected chi connectivity index (χ2v) is 4.40. The van der Waals surface area contributed by atoms with Crippen LogP contribution in [0.3, 0.4) is 0 Å². The standard InChI is InChI=1S/C14H11F3N2O2/c1-8-5-6-18-12(20)11(8)13(21)19-10-4-2-3-9(7-10)14(15,16)17/h2-7H,1H3,(H,18,20)(H,19,21). The molecule has 2 rings (SSSR count). The number of rotatable bonds is 2. The SMILES string of the molecule is Cc1cc[nH]c(=O)c1C(=O)Nc1cccc(C(F)(F)F)c1. The fourth-order valence-electron chi connectivity index (χ4n) is 1.83. The lowest BCUT2D eigenvalue weighted by atomic mass is 10.1. The fourth-order valence-corrected chi connectivity index (χ4v) is 1.83. The number of amides is 1. The average molecular weight is 296 g/mol. The maximum atomic E-state index is 12.6. The minimum absolute atomic E-state index is 0.0301. The smallest absolute Gasteiger partial charge is 0.328 e. The van der Waals surface area contributed by atoms with Crippen molar-refractivity contribution < 1.29 is 18.0 Å². The van der Waals surface area contributed by atoms with Crippen molar-refractivity contribution >= 4 is 11.6 Å². The van der Waals surface area contributed by atoms with Crippen molar-refractivity contribution in [1.82, 2.24) is 4.98 Å². The van der Waals surface area contributed by atoms with E-state index in [-0.39, 0.29) is 11.3 Å². The Balaban J connectivity index is 2.31. The molecule has 1 heterocycles. The average Bonchev–Trinajstić information content (AvgIpc) is 2.37. The Kier molecular flexibility index (Phi) is 3.84. The van der Waals surface area contributed by atoms with E-state index < -0.39 is 23.2 Å². The van der Waals surface area contributed by atoms with Gasteiger partial charge in [0.25, 0.3) is 11.5 Å². The number of pyridine rings is 1. The molecule has 0 bridgehead atoms. The van der Waals surface area contributed by atoms with Crippen LogP contribution in [0.2, 0.25) is 0 Å². The lowest BCUT2D eigenvalue weighted by molar-refractivity contribution is -0.137. The van der Waals surface area contributed by atoms with E-state index in [1.165, 1.54) is 24.4 Å². The molecule has 0 aliphatic heterocycles. The van der Waals surface area contributed by atoms with Crippen LogP contribution in [0, 0.1) is 6.92 Å². The quantitative estimate of drug-likeness (QED) is 0.895. The first-order valence-corrected chi connectivity index (χ1v) is 5.96. The van der Waals surface area contributed by atoms with Crippen molar-refractivity contribution in [3.8, 4) is 0 Å². The molecule has 1 aromatic heterocycles. The molecule has 2 aromatic rings. The van der Waals surface area contributed by atoms with Gasteiger partial charge in [0.2, 0.25) is 0 Å². The van der Waals surface area contributed by atoms with Gasteiger partial charge in [-0.25, -0.2) is 0 Å². The largest absolute Gasteiger partial charge is 0.416 e. The normalized spacial score (nSPS) is 11.2. The van der Waals surface area contributed by atoms with E-state index in [1.807, 2.05) is 0 Å². The van der Waals surface area contributed by atoms with Crippen molar-refractivity contribution in [3.05, 3.63) is 63.6 Å². The van der Waals surface area contributed by atoms with Crippen molar-refractivity contribution in [2.45, 2.75) is 13.1 Å². The van der Waals surface area contributed by atoms with E-state index >= 15 is 0 Å². The van der Waals surface area contributed by atoms with Gasteiger partial charge in [0, 0.05) is 11.9 Å². The number of alkyl halides is 3. The maximum Gasteiger partial charge on any atom is 0.416 e. The summed E-state index contributed by atoms with van der Waals surface area (Å²) in [7, 11) is 0. The topological polar surface area (TPSA) is 62.0 Å². The number of benzene rings is 1. The number of halogens is 3. The molecule has 0 unspecified atom stereocenters. The Bertz CT molecular complexity index is 735. The van der Waals surface area contributed by atoms with Gasteiger partial charge in [-0.2, -0.15) is 13.2 Å². The van der Waals surface area contributed by atoms with Crippen LogP contribution in [0.5, 0.6) is 0 Å². The molecule has 0 saturated carbocycles. The molecule has 0 atom stereocenters. The number of aromatic nitrogens is 1. The number of nitrogens with one attached hydrogen (secondary N) is 2. The van der Waals surface area contributed by atoms with Crippen LogP contribution in [-0.4, -0.2) is 10.9 Å². The van der Waals surface area contributed by atoms with E-state index in [4.69, 9.17) is 0 Å². The van der Waals surface area contributed by atoms with Gasteiger partial charge >= 0.3 is 6.18 Å². The molecule has 0 spiro atoms. The molecule has 110 valence electrons. The summed E-state index contributed by atoms with van der Waals surface area (Å²) in [5, 5.41) is 2.29. The summed E-state index contributed by atoms with van der Waals surface area (Å²) in [6.07, 6.45) is -3.11. The third-order valence-corrected chi connectivity index (χ3v) is 2.84. The van der Waals surface area contributed by atoms with Gasteiger partial charge in [0.05, 0.1) is 5.56 Å². The highest BCUT2D eigenvalue weighted by molar-refractivity contribution is 6.04. The van der Waals surface area contributed by atoms with Gasteiger partial charge < -0.3 is 10.3 Å². The van der Waals surface area contributed by atoms with Crippen molar-refractivity contribution in [2.24, 2.45) is 0 Å². The van der Waals surface area contributed by atoms with Crippen molar-refractivity contribution in [1.29, 1.82) is 0 Å². The molecule has 0 fully saturated rings. The van der Waals surface area contributed by atoms with Gasteiger partial charge in [-0.3, -0.25) is 9.59 Å². The molecule has 0 aliphatic rings. The monoisotopic (exact) mass is 296 g/mol. The molecule has 1 amide bonds. The zero-order valence-corrected chi connectivity index (χ0v) is 10.9. The molecule has 1 aromatic carbocycles. The van der Waals surface area contributed by atoms with Crippen LogP contribution in [-0.2, 0) is 6.18 Å². The maximum absolute atomic E-state index is 12.6. The molecule has 0 saturated heterocycles. The highest BCUT2D eigenvalue weighted by Crippen LogP contribution is 2.30. The van der Waals surface area contributed by atoms with Gasteiger partial charge in [0.15, 0.2) is 0 Å². The predicted molar refractivity (Wildman–Crippen MR) is 71.2 cm³/mol. The molecule has 2 N–H and O–H groups in total. The number of hydrogen-bond donors (Lipinski definition) is 2. The number of anilines is 1. The van der Waals surface area contributed by atoms with Crippen LogP contribution >= 0.6 is 0 Å². The summed E-state index contributed by atoms with van der Waals surface area (Å²) in [5.41, 5.74) is -1.20.